The van der Waals surface area contributed by atoms with Gasteiger partial charge in [0.25, 0.3) is 0 Å². The Labute approximate surface area is 126 Å². The summed E-state index contributed by atoms with van der Waals surface area (Å²) in [4.78, 5) is 2.52. The van der Waals surface area contributed by atoms with Crippen molar-refractivity contribution < 1.29 is 4.74 Å². The Bertz CT molecular complexity index is 608. The van der Waals surface area contributed by atoms with E-state index in [4.69, 9.17) is 10.5 Å². The first-order valence-corrected chi connectivity index (χ1v) is 7.46. The lowest BCUT2D eigenvalue weighted by Crippen LogP contribution is -2.25. The summed E-state index contributed by atoms with van der Waals surface area (Å²) in [6.45, 7) is 1.86. The summed E-state index contributed by atoms with van der Waals surface area (Å²) < 4.78 is 5.47. The molecule has 0 atom stereocenters. The molecule has 0 heterocycles. The van der Waals surface area contributed by atoms with Crippen LogP contribution in [0.4, 0.5) is 5.69 Å². The minimum atomic E-state index is 0.691. The SMILES string of the molecule is COc1ccccc1CN(Cc1cccc(N)c1)C1CC1. The summed E-state index contributed by atoms with van der Waals surface area (Å²) in [5, 5.41) is 0. The topological polar surface area (TPSA) is 38.5 Å². The van der Waals surface area contributed by atoms with Crippen LogP contribution in [0.1, 0.15) is 24.0 Å². The number of nitrogens with zero attached hydrogens (tertiary/aromatic N) is 1. The second-order valence-electron chi connectivity index (χ2n) is 5.69. The molecule has 0 aliphatic heterocycles. The number of methoxy groups -OCH3 is 1. The average Bonchev–Trinajstić information content (AvgIpc) is 3.32. The highest BCUT2D eigenvalue weighted by molar-refractivity contribution is 5.40. The molecular weight excluding hydrogens is 260 g/mol. The van der Waals surface area contributed by atoms with Crippen LogP contribution in [-0.2, 0) is 13.1 Å². The van der Waals surface area contributed by atoms with E-state index in [9.17, 15) is 0 Å². The third-order valence-electron chi connectivity index (χ3n) is 3.97. The van der Waals surface area contributed by atoms with Crippen LogP contribution in [0.2, 0.25) is 0 Å². The quantitative estimate of drug-likeness (QED) is 0.825. The van der Waals surface area contributed by atoms with Gasteiger partial charge in [-0.1, -0.05) is 30.3 Å². The molecule has 0 radical (unpaired) electrons. The van der Waals surface area contributed by atoms with E-state index < -0.39 is 0 Å². The molecule has 0 bridgehead atoms. The number of ether oxygens (including phenoxy) is 1. The lowest BCUT2D eigenvalue weighted by atomic mass is 10.1. The molecule has 110 valence electrons. The molecule has 1 aliphatic rings. The zero-order chi connectivity index (χ0) is 14.7. The fourth-order valence-electron chi connectivity index (χ4n) is 2.73. The van der Waals surface area contributed by atoms with E-state index >= 15 is 0 Å². The number of rotatable bonds is 6. The highest BCUT2D eigenvalue weighted by Gasteiger charge is 2.29. The smallest absolute Gasteiger partial charge is 0.123 e. The Kier molecular flexibility index (Phi) is 4.11. The Balaban J connectivity index is 1.76. The van der Waals surface area contributed by atoms with Gasteiger partial charge in [-0.05, 0) is 36.6 Å². The molecule has 1 fully saturated rings. The van der Waals surface area contributed by atoms with Gasteiger partial charge in [0.05, 0.1) is 7.11 Å². The number of nitrogens with two attached hydrogens (primary N) is 1. The second kappa shape index (κ2) is 6.19. The lowest BCUT2D eigenvalue weighted by Gasteiger charge is -2.23. The molecule has 0 aromatic heterocycles. The normalized spacial score (nSPS) is 14.4. The van der Waals surface area contributed by atoms with Crippen LogP contribution < -0.4 is 10.5 Å². The fraction of sp³-hybridized carbons (Fsp3) is 0.333. The highest BCUT2D eigenvalue weighted by atomic mass is 16.5. The number of hydrogen-bond donors (Lipinski definition) is 1. The van der Waals surface area contributed by atoms with Crippen molar-refractivity contribution in [2.75, 3.05) is 12.8 Å². The van der Waals surface area contributed by atoms with Crippen molar-refractivity contribution in [2.24, 2.45) is 0 Å². The van der Waals surface area contributed by atoms with Crippen molar-refractivity contribution in [3.63, 3.8) is 0 Å². The molecule has 1 saturated carbocycles. The van der Waals surface area contributed by atoms with E-state index in [0.717, 1.165) is 24.5 Å². The summed E-state index contributed by atoms with van der Waals surface area (Å²) in [6.07, 6.45) is 2.58. The standard InChI is InChI=1S/C18H22N2O/c1-21-18-8-3-2-6-15(18)13-20(17-9-10-17)12-14-5-4-7-16(19)11-14/h2-8,11,17H,9-10,12-13,19H2,1H3. The molecule has 2 aromatic carbocycles. The molecule has 1 aliphatic carbocycles. The number of para-hydroxylation sites is 1. The third-order valence-corrected chi connectivity index (χ3v) is 3.97. The Morgan fingerprint density at radius 1 is 1.10 bits per heavy atom. The van der Waals surface area contributed by atoms with Gasteiger partial charge in [0, 0.05) is 30.4 Å². The summed E-state index contributed by atoms with van der Waals surface area (Å²) >= 11 is 0. The molecule has 2 N–H and O–H groups in total. The Hall–Kier alpha value is -2.00. The van der Waals surface area contributed by atoms with Crippen molar-refractivity contribution in [2.45, 2.75) is 32.0 Å². The summed E-state index contributed by atoms with van der Waals surface area (Å²) in [7, 11) is 1.73. The number of hydrogen-bond acceptors (Lipinski definition) is 3. The fourth-order valence-corrected chi connectivity index (χ4v) is 2.73. The Morgan fingerprint density at radius 2 is 1.90 bits per heavy atom. The first kappa shape index (κ1) is 14.0. The van der Waals surface area contributed by atoms with Gasteiger partial charge in [-0.3, -0.25) is 4.90 Å². The predicted molar refractivity (Wildman–Crippen MR) is 86.1 cm³/mol. The molecule has 3 rings (SSSR count). The highest BCUT2D eigenvalue weighted by Crippen LogP contribution is 2.31. The van der Waals surface area contributed by atoms with Gasteiger partial charge >= 0.3 is 0 Å². The van der Waals surface area contributed by atoms with Gasteiger partial charge in [-0.2, -0.15) is 0 Å². The van der Waals surface area contributed by atoms with Gasteiger partial charge < -0.3 is 10.5 Å². The molecule has 0 amide bonds. The monoisotopic (exact) mass is 282 g/mol. The van der Waals surface area contributed by atoms with E-state index in [-0.39, 0.29) is 0 Å². The van der Waals surface area contributed by atoms with Crippen LogP contribution in [0, 0.1) is 0 Å². The Morgan fingerprint density at radius 3 is 2.62 bits per heavy atom. The van der Waals surface area contributed by atoms with Crippen molar-refractivity contribution in [3.05, 3.63) is 59.7 Å². The molecule has 2 aromatic rings. The van der Waals surface area contributed by atoms with E-state index in [1.54, 1.807) is 7.11 Å². The summed E-state index contributed by atoms with van der Waals surface area (Å²) in [5.41, 5.74) is 9.24. The van der Waals surface area contributed by atoms with Gasteiger partial charge in [-0.25, -0.2) is 0 Å². The van der Waals surface area contributed by atoms with Crippen LogP contribution in [0.3, 0.4) is 0 Å². The zero-order valence-corrected chi connectivity index (χ0v) is 12.5. The first-order chi connectivity index (χ1) is 10.3. The van der Waals surface area contributed by atoms with Gasteiger partial charge in [-0.15, -0.1) is 0 Å². The molecular formula is C18H22N2O. The van der Waals surface area contributed by atoms with Crippen LogP contribution in [0.25, 0.3) is 0 Å². The van der Waals surface area contributed by atoms with Crippen molar-refractivity contribution in [3.8, 4) is 5.75 Å². The van der Waals surface area contributed by atoms with Crippen LogP contribution >= 0.6 is 0 Å². The molecule has 0 saturated heterocycles. The van der Waals surface area contributed by atoms with Crippen LogP contribution in [0.5, 0.6) is 5.75 Å². The number of anilines is 1. The molecule has 0 spiro atoms. The number of benzene rings is 2. The molecule has 21 heavy (non-hydrogen) atoms. The maximum absolute atomic E-state index is 5.89. The molecule has 3 nitrogen and oxygen atoms in total. The second-order valence-corrected chi connectivity index (χ2v) is 5.69. The van der Waals surface area contributed by atoms with E-state index in [0.29, 0.717) is 6.04 Å². The maximum Gasteiger partial charge on any atom is 0.123 e. The van der Waals surface area contributed by atoms with Gasteiger partial charge in [0.2, 0.25) is 0 Å². The largest absolute Gasteiger partial charge is 0.496 e. The van der Waals surface area contributed by atoms with Gasteiger partial charge in [0.15, 0.2) is 0 Å². The van der Waals surface area contributed by atoms with Crippen molar-refractivity contribution >= 4 is 5.69 Å². The van der Waals surface area contributed by atoms with E-state index in [1.165, 1.54) is 24.0 Å². The summed E-state index contributed by atoms with van der Waals surface area (Å²) in [5.74, 6) is 0.968. The van der Waals surface area contributed by atoms with E-state index in [2.05, 4.69) is 29.2 Å². The van der Waals surface area contributed by atoms with E-state index in [1.807, 2.05) is 24.3 Å². The number of nitrogen functional groups attached to an aromatic ring is 1. The van der Waals surface area contributed by atoms with Crippen molar-refractivity contribution in [1.82, 2.24) is 4.90 Å². The molecule has 3 heteroatoms. The first-order valence-electron chi connectivity index (χ1n) is 7.46. The minimum Gasteiger partial charge on any atom is -0.496 e. The lowest BCUT2D eigenvalue weighted by molar-refractivity contribution is 0.242. The predicted octanol–water partition coefficient (Wildman–Crippen LogP) is 3.44. The maximum atomic E-state index is 5.89. The van der Waals surface area contributed by atoms with Gasteiger partial charge in [0.1, 0.15) is 5.75 Å². The summed E-state index contributed by atoms with van der Waals surface area (Å²) in [6, 6.07) is 17.1. The van der Waals surface area contributed by atoms with Crippen molar-refractivity contribution in [1.29, 1.82) is 0 Å². The molecule has 0 unspecified atom stereocenters. The third kappa shape index (κ3) is 3.56. The zero-order valence-electron chi connectivity index (χ0n) is 12.5. The average molecular weight is 282 g/mol. The van der Waals surface area contributed by atoms with Crippen LogP contribution in [-0.4, -0.2) is 18.1 Å². The minimum absolute atomic E-state index is 0.691. The van der Waals surface area contributed by atoms with Crippen LogP contribution in [0.15, 0.2) is 48.5 Å².